The maximum atomic E-state index is 5.64. The SMILES string of the molecule is CN=C(NCc1cnc(N(C)C)n1C)NC(C)c1ccc(C)o1. The summed E-state index contributed by atoms with van der Waals surface area (Å²) in [7, 11) is 7.72. The van der Waals surface area contributed by atoms with E-state index in [-0.39, 0.29) is 6.04 Å². The van der Waals surface area contributed by atoms with Gasteiger partial charge in [-0.2, -0.15) is 0 Å². The van der Waals surface area contributed by atoms with Gasteiger partial charge in [-0.15, -0.1) is 0 Å². The number of furan rings is 1. The van der Waals surface area contributed by atoms with E-state index in [1.54, 1.807) is 7.05 Å². The van der Waals surface area contributed by atoms with Crippen molar-refractivity contribution in [1.29, 1.82) is 0 Å². The number of imidazole rings is 1. The number of hydrogen-bond acceptors (Lipinski definition) is 4. The number of rotatable bonds is 5. The Bertz CT molecular complexity index is 670. The molecular weight excluding hydrogens is 292 g/mol. The molecule has 23 heavy (non-hydrogen) atoms. The number of aryl methyl sites for hydroxylation is 1. The van der Waals surface area contributed by atoms with Gasteiger partial charge in [-0.25, -0.2) is 4.98 Å². The average Bonchev–Trinajstić information content (AvgIpc) is 3.09. The minimum Gasteiger partial charge on any atom is -0.464 e. The van der Waals surface area contributed by atoms with E-state index < -0.39 is 0 Å². The van der Waals surface area contributed by atoms with E-state index in [9.17, 15) is 0 Å². The molecule has 7 heteroatoms. The normalized spacial score (nSPS) is 13.0. The molecule has 2 N–H and O–H groups in total. The van der Waals surface area contributed by atoms with Crippen molar-refractivity contribution in [3.8, 4) is 0 Å². The van der Waals surface area contributed by atoms with Crippen LogP contribution in [0.2, 0.25) is 0 Å². The summed E-state index contributed by atoms with van der Waals surface area (Å²) in [4.78, 5) is 10.6. The second kappa shape index (κ2) is 7.21. The summed E-state index contributed by atoms with van der Waals surface area (Å²) in [5.41, 5.74) is 1.08. The number of nitrogens with zero attached hydrogens (tertiary/aromatic N) is 4. The van der Waals surface area contributed by atoms with Crippen molar-refractivity contribution in [3.63, 3.8) is 0 Å². The first-order chi connectivity index (χ1) is 10.9. The van der Waals surface area contributed by atoms with E-state index in [4.69, 9.17) is 4.42 Å². The average molecular weight is 318 g/mol. The van der Waals surface area contributed by atoms with Crippen LogP contribution in [-0.4, -0.2) is 36.7 Å². The van der Waals surface area contributed by atoms with E-state index in [2.05, 4.69) is 25.2 Å². The highest BCUT2D eigenvalue weighted by Crippen LogP contribution is 2.15. The second-order valence-corrected chi connectivity index (χ2v) is 5.74. The first-order valence-electron chi connectivity index (χ1n) is 7.63. The lowest BCUT2D eigenvalue weighted by Gasteiger charge is -2.17. The van der Waals surface area contributed by atoms with Gasteiger partial charge < -0.3 is 24.5 Å². The van der Waals surface area contributed by atoms with Crippen molar-refractivity contribution in [2.45, 2.75) is 26.4 Å². The molecule has 2 aromatic rings. The van der Waals surface area contributed by atoms with Crippen LogP contribution in [0.3, 0.4) is 0 Å². The summed E-state index contributed by atoms with van der Waals surface area (Å²) in [6, 6.07) is 3.98. The highest BCUT2D eigenvalue weighted by molar-refractivity contribution is 5.79. The molecule has 0 aromatic carbocycles. The van der Waals surface area contributed by atoms with Gasteiger partial charge in [0, 0.05) is 28.2 Å². The highest BCUT2D eigenvalue weighted by atomic mass is 16.3. The van der Waals surface area contributed by atoms with Gasteiger partial charge >= 0.3 is 0 Å². The van der Waals surface area contributed by atoms with Crippen LogP contribution in [-0.2, 0) is 13.6 Å². The largest absolute Gasteiger partial charge is 0.464 e. The molecule has 0 fully saturated rings. The molecule has 0 spiro atoms. The zero-order valence-electron chi connectivity index (χ0n) is 14.7. The standard InChI is InChI=1S/C16H26N6O/c1-11-7-8-14(23-11)12(2)20-15(17-3)18-9-13-10-19-16(21(4)5)22(13)6/h7-8,10,12H,9H2,1-6H3,(H2,17,18,20). The molecule has 0 aliphatic rings. The van der Waals surface area contributed by atoms with Crippen LogP contribution in [0.5, 0.6) is 0 Å². The molecule has 2 rings (SSSR count). The third kappa shape index (κ3) is 4.06. The lowest BCUT2D eigenvalue weighted by atomic mass is 10.2. The Morgan fingerprint density at radius 1 is 1.43 bits per heavy atom. The molecule has 0 saturated heterocycles. The lowest BCUT2D eigenvalue weighted by Crippen LogP contribution is -2.38. The van der Waals surface area contributed by atoms with Gasteiger partial charge in [-0.3, -0.25) is 4.99 Å². The molecule has 0 bridgehead atoms. The summed E-state index contributed by atoms with van der Waals surface area (Å²) < 4.78 is 7.69. The molecule has 2 heterocycles. The Morgan fingerprint density at radius 3 is 2.70 bits per heavy atom. The van der Waals surface area contributed by atoms with Crippen LogP contribution < -0.4 is 15.5 Å². The first-order valence-corrected chi connectivity index (χ1v) is 7.63. The van der Waals surface area contributed by atoms with Gasteiger partial charge in [0.2, 0.25) is 5.95 Å². The molecule has 0 amide bonds. The van der Waals surface area contributed by atoms with Crippen molar-refractivity contribution >= 4 is 11.9 Å². The number of nitrogens with one attached hydrogen (secondary N) is 2. The molecule has 0 aliphatic carbocycles. The number of guanidine groups is 1. The Hall–Kier alpha value is -2.44. The van der Waals surface area contributed by atoms with Crippen LogP contribution in [0.25, 0.3) is 0 Å². The van der Waals surface area contributed by atoms with E-state index in [0.717, 1.165) is 29.1 Å². The van der Waals surface area contributed by atoms with Crippen LogP contribution in [0, 0.1) is 6.92 Å². The van der Waals surface area contributed by atoms with Gasteiger partial charge in [0.25, 0.3) is 0 Å². The summed E-state index contributed by atoms with van der Waals surface area (Å²) in [5.74, 6) is 3.44. The maximum absolute atomic E-state index is 5.64. The van der Waals surface area contributed by atoms with Gasteiger partial charge in [-0.1, -0.05) is 0 Å². The number of hydrogen-bond donors (Lipinski definition) is 2. The fraction of sp³-hybridized carbons (Fsp3) is 0.500. The first kappa shape index (κ1) is 16.9. The Labute approximate surface area is 137 Å². The minimum absolute atomic E-state index is 0.0405. The topological polar surface area (TPSA) is 70.6 Å². The van der Waals surface area contributed by atoms with Gasteiger partial charge in [0.15, 0.2) is 5.96 Å². The molecule has 7 nitrogen and oxygen atoms in total. The Kier molecular flexibility index (Phi) is 5.31. The van der Waals surface area contributed by atoms with Gasteiger partial charge in [-0.05, 0) is 26.0 Å². The number of anilines is 1. The predicted octanol–water partition coefficient (Wildman–Crippen LogP) is 1.81. The van der Waals surface area contributed by atoms with Gasteiger partial charge in [0.1, 0.15) is 11.5 Å². The predicted molar refractivity (Wildman–Crippen MR) is 92.7 cm³/mol. The van der Waals surface area contributed by atoms with E-state index in [1.807, 2.05) is 58.2 Å². The Balaban J connectivity index is 1.95. The molecule has 2 aromatic heterocycles. The fourth-order valence-electron chi connectivity index (χ4n) is 2.34. The molecule has 1 unspecified atom stereocenters. The third-order valence-electron chi connectivity index (χ3n) is 3.66. The second-order valence-electron chi connectivity index (χ2n) is 5.74. The molecular formula is C16H26N6O. The van der Waals surface area contributed by atoms with E-state index >= 15 is 0 Å². The summed E-state index contributed by atoms with van der Waals surface area (Å²) in [6.45, 7) is 4.62. The zero-order valence-corrected chi connectivity index (χ0v) is 14.7. The fourth-order valence-corrected chi connectivity index (χ4v) is 2.34. The summed E-state index contributed by atoms with van der Waals surface area (Å²) >= 11 is 0. The van der Waals surface area contributed by atoms with Crippen LogP contribution >= 0.6 is 0 Å². The lowest BCUT2D eigenvalue weighted by molar-refractivity contribution is 0.441. The minimum atomic E-state index is 0.0405. The highest BCUT2D eigenvalue weighted by Gasteiger charge is 2.12. The smallest absolute Gasteiger partial charge is 0.204 e. The molecule has 126 valence electrons. The van der Waals surface area contributed by atoms with Crippen LogP contribution in [0.4, 0.5) is 5.95 Å². The van der Waals surface area contributed by atoms with Crippen molar-refractivity contribution < 1.29 is 4.42 Å². The molecule has 0 saturated carbocycles. The van der Waals surface area contributed by atoms with E-state index in [0.29, 0.717) is 6.54 Å². The monoisotopic (exact) mass is 318 g/mol. The quantitative estimate of drug-likeness (QED) is 0.650. The third-order valence-corrected chi connectivity index (χ3v) is 3.66. The summed E-state index contributed by atoms with van der Waals surface area (Å²) in [6.07, 6.45) is 1.87. The maximum Gasteiger partial charge on any atom is 0.204 e. The molecule has 0 radical (unpaired) electrons. The van der Waals surface area contributed by atoms with Crippen molar-refractivity contribution in [3.05, 3.63) is 35.5 Å². The van der Waals surface area contributed by atoms with E-state index in [1.165, 1.54) is 0 Å². The van der Waals surface area contributed by atoms with Crippen LogP contribution in [0.15, 0.2) is 27.7 Å². The van der Waals surface area contributed by atoms with Crippen LogP contribution in [0.1, 0.15) is 30.2 Å². The Morgan fingerprint density at radius 2 is 2.17 bits per heavy atom. The van der Waals surface area contributed by atoms with Crippen molar-refractivity contribution in [2.75, 3.05) is 26.0 Å². The number of aliphatic imine (C=N–C) groups is 1. The van der Waals surface area contributed by atoms with Gasteiger partial charge in [0.05, 0.1) is 24.5 Å². The molecule has 0 aliphatic heterocycles. The number of aromatic nitrogens is 2. The summed E-state index contributed by atoms with van der Waals surface area (Å²) in [5, 5.41) is 6.62. The zero-order chi connectivity index (χ0) is 17.0. The molecule has 1 atom stereocenters. The van der Waals surface area contributed by atoms with Crippen molar-refractivity contribution in [1.82, 2.24) is 20.2 Å². The van der Waals surface area contributed by atoms with Crippen molar-refractivity contribution in [2.24, 2.45) is 12.0 Å².